The van der Waals surface area contributed by atoms with Crippen molar-refractivity contribution < 1.29 is 4.79 Å². The van der Waals surface area contributed by atoms with Crippen LogP contribution in [0.15, 0.2) is 0 Å². The van der Waals surface area contributed by atoms with Crippen LogP contribution in [0, 0.1) is 0 Å². The van der Waals surface area contributed by atoms with Crippen molar-refractivity contribution in [2.45, 2.75) is 71.1 Å². The van der Waals surface area contributed by atoms with Gasteiger partial charge in [0.25, 0.3) is 0 Å². The van der Waals surface area contributed by atoms with Crippen LogP contribution in [0.1, 0.15) is 71.1 Å². The molecule has 112 valence electrons. The summed E-state index contributed by atoms with van der Waals surface area (Å²) in [5.41, 5.74) is 0. The second-order valence-corrected chi connectivity index (χ2v) is 5.71. The molecule has 0 bridgehead atoms. The summed E-state index contributed by atoms with van der Waals surface area (Å²) in [6.45, 7) is 6.15. The summed E-state index contributed by atoms with van der Waals surface area (Å²) in [6, 6.07) is 0. The fourth-order valence-corrected chi connectivity index (χ4v) is 2.65. The predicted octanol–water partition coefficient (Wildman–Crippen LogP) is 3.34. The van der Waals surface area contributed by atoms with E-state index in [2.05, 4.69) is 12.2 Å². The van der Waals surface area contributed by atoms with Gasteiger partial charge in [0.2, 0.25) is 5.91 Å². The smallest absolute Gasteiger partial charge is 0.223 e. The maximum atomic E-state index is 11.8. The Morgan fingerprint density at radius 2 is 1.58 bits per heavy atom. The van der Waals surface area contributed by atoms with Crippen molar-refractivity contribution >= 4 is 5.91 Å². The number of nitrogens with zero attached hydrogens (tertiary/aromatic N) is 1. The Balaban J connectivity index is 1.79. The van der Waals surface area contributed by atoms with Crippen LogP contribution in [0.5, 0.6) is 0 Å². The van der Waals surface area contributed by atoms with E-state index >= 15 is 0 Å². The number of carbonyl (C=O) groups is 1. The fourth-order valence-electron chi connectivity index (χ4n) is 2.65. The third kappa shape index (κ3) is 8.25. The van der Waals surface area contributed by atoms with Crippen LogP contribution in [0.4, 0.5) is 0 Å². The van der Waals surface area contributed by atoms with E-state index in [1.807, 2.05) is 4.90 Å². The van der Waals surface area contributed by atoms with E-state index in [4.69, 9.17) is 0 Å². The average Bonchev–Trinajstić information content (AvgIpc) is 2.95. The molecule has 1 heterocycles. The summed E-state index contributed by atoms with van der Waals surface area (Å²) >= 11 is 0. The van der Waals surface area contributed by atoms with Crippen molar-refractivity contribution in [2.24, 2.45) is 0 Å². The van der Waals surface area contributed by atoms with Crippen LogP contribution in [-0.2, 0) is 4.79 Å². The van der Waals surface area contributed by atoms with Gasteiger partial charge in [0.1, 0.15) is 0 Å². The highest BCUT2D eigenvalue weighted by atomic mass is 16.2. The molecule has 3 nitrogen and oxygen atoms in total. The van der Waals surface area contributed by atoms with E-state index in [9.17, 15) is 4.79 Å². The fraction of sp³-hybridized carbons (Fsp3) is 0.938. The summed E-state index contributed by atoms with van der Waals surface area (Å²) < 4.78 is 0. The van der Waals surface area contributed by atoms with Crippen molar-refractivity contribution in [1.29, 1.82) is 0 Å². The molecule has 0 aromatic rings. The number of rotatable bonds is 11. The molecule has 1 rings (SSSR count). The Hall–Kier alpha value is -0.570. The third-order valence-corrected chi connectivity index (χ3v) is 3.93. The minimum absolute atomic E-state index is 0.338. The first kappa shape index (κ1) is 16.5. The molecule has 1 saturated heterocycles. The van der Waals surface area contributed by atoms with Gasteiger partial charge in [-0.25, -0.2) is 0 Å². The topological polar surface area (TPSA) is 32.3 Å². The monoisotopic (exact) mass is 268 g/mol. The molecule has 1 fully saturated rings. The minimum Gasteiger partial charge on any atom is -0.343 e. The first-order chi connectivity index (χ1) is 9.34. The molecular formula is C16H32N2O. The molecule has 0 saturated carbocycles. The maximum Gasteiger partial charge on any atom is 0.223 e. The van der Waals surface area contributed by atoms with Crippen LogP contribution in [0.3, 0.4) is 0 Å². The van der Waals surface area contributed by atoms with Crippen molar-refractivity contribution in [2.75, 3.05) is 26.2 Å². The zero-order chi connectivity index (χ0) is 13.8. The average molecular weight is 268 g/mol. The highest BCUT2D eigenvalue weighted by molar-refractivity contribution is 5.76. The zero-order valence-electron chi connectivity index (χ0n) is 12.8. The number of carbonyl (C=O) groups excluding carboxylic acids is 1. The molecule has 1 N–H and O–H groups in total. The van der Waals surface area contributed by atoms with Crippen molar-refractivity contribution in [3.63, 3.8) is 0 Å². The minimum atomic E-state index is 0.338. The molecule has 0 aromatic heterocycles. The van der Waals surface area contributed by atoms with Gasteiger partial charge in [0.15, 0.2) is 0 Å². The Bertz CT molecular complexity index is 225. The van der Waals surface area contributed by atoms with Crippen molar-refractivity contribution in [1.82, 2.24) is 10.2 Å². The van der Waals surface area contributed by atoms with Gasteiger partial charge in [-0.1, -0.05) is 45.4 Å². The number of nitrogens with one attached hydrogen (secondary N) is 1. The molecule has 1 aliphatic rings. The lowest BCUT2D eigenvalue weighted by atomic mass is 10.1. The van der Waals surface area contributed by atoms with Gasteiger partial charge in [0.05, 0.1) is 0 Å². The summed E-state index contributed by atoms with van der Waals surface area (Å²) in [5, 5.41) is 3.39. The lowest BCUT2D eigenvalue weighted by Crippen LogP contribution is -2.30. The molecule has 0 aromatic carbocycles. The molecule has 0 unspecified atom stereocenters. The second kappa shape index (κ2) is 11.3. The first-order valence-corrected chi connectivity index (χ1v) is 8.33. The van der Waals surface area contributed by atoms with Crippen LogP contribution in [0.25, 0.3) is 0 Å². The lowest BCUT2D eigenvalue weighted by molar-refractivity contribution is -0.130. The van der Waals surface area contributed by atoms with E-state index in [-0.39, 0.29) is 0 Å². The van der Waals surface area contributed by atoms with Gasteiger partial charge in [-0.2, -0.15) is 0 Å². The summed E-state index contributed by atoms with van der Waals surface area (Å²) in [6.07, 6.45) is 12.5. The van der Waals surface area contributed by atoms with Gasteiger partial charge in [-0.05, 0) is 25.8 Å². The molecule has 3 heteroatoms. The van der Waals surface area contributed by atoms with Crippen LogP contribution in [-0.4, -0.2) is 37.0 Å². The second-order valence-electron chi connectivity index (χ2n) is 5.71. The first-order valence-electron chi connectivity index (χ1n) is 8.33. The SMILES string of the molecule is CCCCCCCCCNCCC(=O)N1CCCC1. The molecular weight excluding hydrogens is 236 g/mol. The molecule has 0 aliphatic carbocycles. The predicted molar refractivity (Wildman–Crippen MR) is 81.3 cm³/mol. The van der Waals surface area contributed by atoms with Gasteiger partial charge < -0.3 is 10.2 Å². The highest BCUT2D eigenvalue weighted by Gasteiger charge is 2.16. The van der Waals surface area contributed by atoms with Crippen LogP contribution in [0.2, 0.25) is 0 Å². The number of unbranched alkanes of at least 4 members (excludes halogenated alkanes) is 6. The largest absolute Gasteiger partial charge is 0.343 e. The Morgan fingerprint density at radius 3 is 2.26 bits per heavy atom. The van der Waals surface area contributed by atoms with Crippen molar-refractivity contribution in [3.05, 3.63) is 0 Å². The molecule has 0 spiro atoms. The van der Waals surface area contributed by atoms with Crippen molar-refractivity contribution in [3.8, 4) is 0 Å². The lowest BCUT2D eigenvalue weighted by Gasteiger charge is -2.15. The normalized spacial score (nSPS) is 15.1. The maximum absolute atomic E-state index is 11.8. The summed E-state index contributed by atoms with van der Waals surface area (Å²) in [4.78, 5) is 13.8. The van der Waals surface area contributed by atoms with Gasteiger partial charge in [-0.15, -0.1) is 0 Å². The van der Waals surface area contributed by atoms with Gasteiger partial charge in [-0.3, -0.25) is 4.79 Å². The standard InChI is InChI=1S/C16H32N2O/c1-2-3-4-5-6-7-8-12-17-13-11-16(19)18-14-9-10-15-18/h17H,2-15H2,1H3. The highest BCUT2D eigenvalue weighted by Crippen LogP contribution is 2.08. The van der Waals surface area contributed by atoms with E-state index in [0.717, 1.165) is 26.2 Å². The van der Waals surface area contributed by atoms with E-state index in [1.54, 1.807) is 0 Å². The molecule has 0 atom stereocenters. The Kier molecular flexibility index (Phi) is 9.78. The quantitative estimate of drug-likeness (QED) is 0.583. The van der Waals surface area contributed by atoms with E-state index < -0.39 is 0 Å². The number of likely N-dealkylation sites (tertiary alicyclic amines) is 1. The zero-order valence-corrected chi connectivity index (χ0v) is 12.8. The van der Waals surface area contributed by atoms with Gasteiger partial charge in [0, 0.05) is 26.1 Å². The molecule has 1 amide bonds. The Morgan fingerprint density at radius 1 is 0.947 bits per heavy atom. The van der Waals surface area contributed by atoms with Crippen LogP contribution < -0.4 is 5.32 Å². The number of hydrogen-bond acceptors (Lipinski definition) is 2. The molecule has 0 radical (unpaired) electrons. The van der Waals surface area contributed by atoms with E-state index in [0.29, 0.717) is 12.3 Å². The van der Waals surface area contributed by atoms with Crippen LogP contribution >= 0.6 is 0 Å². The molecule has 1 aliphatic heterocycles. The Labute approximate surface area is 119 Å². The summed E-state index contributed by atoms with van der Waals surface area (Å²) in [5.74, 6) is 0.338. The number of amides is 1. The van der Waals surface area contributed by atoms with E-state index in [1.165, 1.54) is 57.8 Å². The third-order valence-electron chi connectivity index (χ3n) is 3.93. The summed E-state index contributed by atoms with van der Waals surface area (Å²) in [7, 11) is 0. The molecule has 19 heavy (non-hydrogen) atoms. The number of hydrogen-bond donors (Lipinski definition) is 1. The van der Waals surface area contributed by atoms with Gasteiger partial charge >= 0.3 is 0 Å².